The summed E-state index contributed by atoms with van der Waals surface area (Å²) in [7, 11) is 2.55. The average molecular weight is 398 g/mol. The van der Waals surface area contributed by atoms with Crippen LogP contribution in [0.4, 0.5) is 5.82 Å². The lowest BCUT2D eigenvalue weighted by Gasteiger charge is -2.11. The van der Waals surface area contributed by atoms with Crippen molar-refractivity contribution in [2.45, 2.75) is 4.90 Å². The fourth-order valence-corrected chi connectivity index (χ4v) is 2.83. The minimum absolute atomic E-state index is 0.104. The Labute approximate surface area is 157 Å². The van der Waals surface area contributed by atoms with Crippen LogP contribution >= 0.6 is 23.4 Å². The van der Waals surface area contributed by atoms with Crippen molar-refractivity contribution in [1.29, 1.82) is 0 Å². The van der Waals surface area contributed by atoms with Gasteiger partial charge in [0, 0.05) is 19.0 Å². The van der Waals surface area contributed by atoms with Crippen LogP contribution in [0.25, 0.3) is 0 Å². The number of ketones is 1. The summed E-state index contributed by atoms with van der Waals surface area (Å²) in [6.45, 7) is -0.712. The number of anilines is 1. The summed E-state index contributed by atoms with van der Waals surface area (Å²) < 4.78 is 6.69. The fourth-order valence-electron chi connectivity index (χ4n) is 2.19. The highest BCUT2D eigenvalue weighted by molar-refractivity contribution is 7.98. The minimum atomic E-state index is -0.853. The van der Waals surface area contributed by atoms with Gasteiger partial charge in [0.05, 0.1) is 10.6 Å². The molecule has 10 heteroatoms. The van der Waals surface area contributed by atoms with Crippen molar-refractivity contribution in [3.05, 3.63) is 55.2 Å². The smallest absolute Gasteiger partial charge is 0.340 e. The first kappa shape index (κ1) is 19.8. The average Bonchev–Trinajstić information content (AvgIpc) is 2.63. The number of benzene rings is 1. The molecule has 0 amide bonds. The molecule has 1 heterocycles. The van der Waals surface area contributed by atoms with Gasteiger partial charge in [0.15, 0.2) is 6.61 Å². The molecule has 0 atom stereocenters. The Hall–Kier alpha value is -2.52. The summed E-state index contributed by atoms with van der Waals surface area (Å²) in [6, 6.07) is 4.83. The van der Waals surface area contributed by atoms with Gasteiger partial charge < -0.3 is 10.5 Å². The Morgan fingerprint density at radius 1 is 1.23 bits per heavy atom. The van der Waals surface area contributed by atoms with E-state index in [1.165, 1.54) is 25.9 Å². The molecule has 0 fully saturated rings. The van der Waals surface area contributed by atoms with Crippen molar-refractivity contribution < 1.29 is 14.3 Å². The number of thioether (sulfide) groups is 1. The molecule has 0 spiro atoms. The Morgan fingerprint density at radius 2 is 1.88 bits per heavy atom. The van der Waals surface area contributed by atoms with E-state index in [1.807, 2.05) is 6.26 Å². The normalized spacial score (nSPS) is 10.6. The lowest BCUT2D eigenvalue weighted by atomic mass is 10.2. The Balaban J connectivity index is 2.26. The predicted molar refractivity (Wildman–Crippen MR) is 99.2 cm³/mol. The van der Waals surface area contributed by atoms with Crippen LogP contribution in [0.3, 0.4) is 0 Å². The van der Waals surface area contributed by atoms with Gasteiger partial charge in [0.1, 0.15) is 11.4 Å². The molecule has 1 aromatic carbocycles. The second-order valence-corrected chi connectivity index (χ2v) is 6.60. The third kappa shape index (κ3) is 3.68. The molecule has 0 saturated carbocycles. The quantitative estimate of drug-likeness (QED) is 0.456. The number of ether oxygens (including phenoxy) is 1. The minimum Gasteiger partial charge on any atom is -0.454 e. The lowest BCUT2D eigenvalue weighted by molar-refractivity contribution is 0.0474. The van der Waals surface area contributed by atoms with Gasteiger partial charge in [-0.1, -0.05) is 11.6 Å². The first-order chi connectivity index (χ1) is 12.2. The van der Waals surface area contributed by atoms with Gasteiger partial charge in [0.25, 0.3) is 5.56 Å². The first-order valence-corrected chi connectivity index (χ1v) is 8.88. The largest absolute Gasteiger partial charge is 0.454 e. The maximum Gasteiger partial charge on any atom is 0.340 e. The van der Waals surface area contributed by atoms with Gasteiger partial charge in [-0.2, -0.15) is 0 Å². The Bertz CT molecular complexity index is 1010. The van der Waals surface area contributed by atoms with Crippen molar-refractivity contribution in [1.82, 2.24) is 9.13 Å². The first-order valence-electron chi connectivity index (χ1n) is 7.28. The van der Waals surface area contributed by atoms with Crippen LogP contribution in [0, 0.1) is 0 Å². The molecule has 0 saturated heterocycles. The van der Waals surface area contributed by atoms with E-state index in [2.05, 4.69) is 0 Å². The van der Waals surface area contributed by atoms with Crippen molar-refractivity contribution >= 4 is 40.9 Å². The van der Waals surface area contributed by atoms with Crippen LogP contribution in [0.15, 0.2) is 32.7 Å². The zero-order chi connectivity index (χ0) is 19.6. The number of carbonyl (C=O) groups excluding carboxylic acids is 2. The van der Waals surface area contributed by atoms with E-state index in [4.69, 9.17) is 22.1 Å². The monoisotopic (exact) mass is 397 g/mol. The number of esters is 1. The number of aromatic nitrogens is 2. The van der Waals surface area contributed by atoms with Crippen LogP contribution in [0.1, 0.15) is 20.7 Å². The molecule has 0 bridgehead atoms. The van der Waals surface area contributed by atoms with E-state index < -0.39 is 35.2 Å². The number of halogens is 1. The third-order valence-corrected chi connectivity index (χ3v) is 4.77. The molecule has 0 unspecified atom stereocenters. The summed E-state index contributed by atoms with van der Waals surface area (Å²) in [6.07, 6.45) is 1.83. The van der Waals surface area contributed by atoms with Crippen molar-refractivity contribution in [2.75, 3.05) is 18.6 Å². The van der Waals surface area contributed by atoms with Gasteiger partial charge in [0.2, 0.25) is 5.78 Å². The maximum atomic E-state index is 12.3. The van der Waals surface area contributed by atoms with Crippen LogP contribution in [-0.2, 0) is 18.8 Å². The fraction of sp³-hybridized carbons (Fsp3) is 0.250. The number of hydrogen-bond acceptors (Lipinski definition) is 7. The summed E-state index contributed by atoms with van der Waals surface area (Å²) in [5, 5.41) is 0.179. The Morgan fingerprint density at radius 3 is 2.50 bits per heavy atom. The summed E-state index contributed by atoms with van der Waals surface area (Å²) in [4.78, 5) is 49.2. The number of Topliss-reactive ketones (excluding diaryl/α,β-unsaturated/α-hetero) is 1. The lowest BCUT2D eigenvalue weighted by Crippen LogP contribution is -2.42. The number of hydrogen-bond donors (Lipinski definition) is 1. The van der Waals surface area contributed by atoms with Gasteiger partial charge in [-0.15, -0.1) is 11.8 Å². The zero-order valence-corrected chi connectivity index (χ0v) is 15.8. The highest BCUT2D eigenvalue weighted by atomic mass is 35.5. The highest BCUT2D eigenvalue weighted by Gasteiger charge is 2.22. The number of nitrogens with zero attached hydrogens (tertiary/aromatic N) is 2. The van der Waals surface area contributed by atoms with E-state index in [9.17, 15) is 19.2 Å². The molecule has 0 aliphatic heterocycles. The van der Waals surface area contributed by atoms with Crippen molar-refractivity contribution in [3.8, 4) is 0 Å². The second kappa shape index (κ2) is 7.79. The molecule has 2 N–H and O–H groups in total. The van der Waals surface area contributed by atoms with Crippen LogP contribution in [0.5, 0.6) is 0 Å². The summed E-state index contributed by atoms with van der Waals surface area (Å²) in [5.74, 6) is -1.91. The number of carbonyl (C=O) groups is 2. The molecule has 2 aromatic rings. The molecule has 0 radical (unpaired) electrons. The van der Waals surface area contributed by atoms with E-state index in [0.717, 1.165) is 14.0 Å². The molecule has 26 heavy (non-hydrogen) atoms. The number of nitrogen functional groups attached to an aromatic ring is 1. The van der Waals surface area contributed by atoms with E-state index in [1.54, 1.807) is 18.2 Å². The SMILES string of the molecule is CSc1ccc(Cl)c(C(=O)OCC(=O)c2c(N)n(C)c(=O)n(C)c2=O)c1. The predicted octanol–water partition coefficient (Wildman–Crippen LogP) is 1.08. The molecular weight excluding hydrogens is 382 g/mol. The number of nitrogens with two attached hydrogens (primary N) is 1. The van der Waals surface area contributed by atoms with Crippen molar-refractivity contribution in [3.63, 3.8) is 0 Å². The van der Waals surface area contributed by atoms with Crippen LogP contribution in [0.2, 0.25) is 5.02 Å². The summed E-state index contributed by atoms with van der Waals surface area (Å²) in [5.41, 5.74) is 3.87. The molecular formula is C16H16ClN3O5S. The molecule has 0 aliphatic rings. The standard InChI is InChI=1S/C16H16ClN3O5S/c1-19-13(18)12(14(22)20(2)16(19)24)11(21)7-25-15(23)9-6-8(26-3)4-5-10(9)17/h4-6H,7,18H2,1-3H3. The van der Waals surface area contributed by atoms with Gasteiger partial charge in [-0.05, 0) is 24.5 Å². The van der Waals surface area contributed by atoms with Crippen LogP contribution in [-0.4, -0.2) is 33.7 Å². The second-order valence-electron chi connectivity index (χ2n) is 5.31. The van der Waals surface area contributed by atoms with Gasteiger partial charge in [-0.25, -0.2) is 9.59 Å². The maximum absolute atomic E-state index is 12.3. The molecule has 0 aliphatic carbocycles. The highest BCUT2D eigenvalue weighted by Crippen LogP contribution is 2.23. The number of rotatable bonds is 5. The zero-order valence-electron chi connectivity index (χ0n) is 14.2. The topological polar surface area (TPSA) is 113 Å². The molecule has 8 nitrogen and oxygen atoms in total. The van der Waals surface area contributed by atoms with Crippen LogP contribution < -0.4 is 17.0 Å². The van der Waals surface area contributed by atoms with Gasteiger partial charge in [-0.3, -0.25) is 18.7 Å². The van der Waals surface area contributed by atoms with E-state index in [-0.39, 0.29) is 16.4 Å². The Kier molecular flexibility index (Phi) is 5.94. The van der Waals surface area contributed by atoms with Crippen molar-refractivity contribution in [2.24, 2.45) is 14.1 Å². The molecule has 1 aromatic heterocycles. The third-order valence-electron chi connectivity index (χ3n) is 3.72. The van der Waals surface area contributed by atoms with E-state index >= 15 is 0 Å². The van der Waals surface area contributed by atoms with E-state index in [0.29, 0.717) is 0 Å². The summed E-state index contributed by atoms with van der Waals surface area (Å²) >= 11 is 7.40. The van der Waals surface area contributed by atoms with Gasteiger partial charge >= 0.3 is 11.7 Å². The molecule has 138 valence electrons. The molecule has 2 rings (SSSR count).